The zero-order valence-electron chi connectivity index (χ0n) is 15.7. The predicted molar refractivity (Wildman–Crippen MR) is 107 cm³/mol. The number of nitrogens with one attached hydrogen (secondary N) is 1. The lowest BCUT2D eigenvalue weighted by Crippen LogP contribution is -2.33. The van der Waals surface area contributed by atoms with Gasteiger partial charge in [0.1, 0.15) is 17.3 Å². The molecule has 0 radical (unpaired) electrons. The molecule has 0 fully saturated rings. The normalized spacial score (nSPS) is 21.4. The third-order valence-corrected chi connectivity index (χ3v) is 5.33. The van der Waals surface area contributed by atoms with E-state index in [9.17, 15) is 13.6 Å². The number of nitrogens with zero attached hydrogens (tertiary/aromatic N) is 4. The molecule has 1 aliphatic heterocycles. The molecule has 29 heavy (non-hydrogen) atoms. The summed E-state index contributed by atoms with van der Waals surface area (Å²) in [6.07, 6.45) is 0.351. The van der Waals surface area contributed by atoms with Gasteiger partial charge in [-0.1, -0.05) is 18.7 Å². The van der Waals surface area contributed by atoms with Crippen LogP contribution >= 0.6 is 11.8 Å². The van der Waals surface area contributed by atoms with Gasteiger partial charge in [-0.2, -0.15) is 5.26 Å². The number of pyridine rings is 2. The van der Waals surface area contributed by atoms with Gasteiger partial charge < -0.3 is 11.1 Å². The molecule has 10 heteroatoms. The van der Waals surface area contributed by atoms with Crippen LogP contribution in [0.2, 0.25) is 0 Å². The van der Waals surface area contributed by atoms with E-state index in [0.29, 0.717) is 23.0 Å². The number of hydrogen-bond acceptors (Lipinski definition) is 7. The van der Waals surface area contributed by atoms with Crippen molar-refractivity contribution in [2.75, 3.05) is 5.32 Å². The fourth-order valence-corrected chi connectivity index (χ4v) is 4.25. The van der Waals surface area contributed by atoms with Crippen LogP contribution < -0.4 is 11.1 Å². The minimum atomic E-state index is -2.94. The van der Waals surface area contributed by atoms with Crippen LogP contribution in [0, 0.1) is 11.3 Å². The molecule has 1 aliphatic rings. The van der Waals surface area contributed by atoms with Crippen molar-refractivity contribution in [3.8, 4) is 6.07 Å². The molecule has 1 amide bonds. The predicted octanol–water partition coefficient (Wildman–Crippen LogP) is 3.59. The quantitative estimate of drug-likeness (QED) is 0.787. The first-order valence-electron chi connectivity index (χ1n) is 8.70. The summed E-state index contributed by atoms with van der Waals surface area (Å²) in [7, 11) is 0. The molecule has 0 aliphatic carbocycles. The van der Waals surface area contributed by atoms with Crippen LogP contribution in [0.3, 0.4) is 0 Å². The van der Waals surface area contributed by atoms with Gasteiger partial charge in [0.05, 0.1) is 16.8 Å². The number of aliphatic imine (C=N–C) groups is 1. The second kappa shape index (κ2) is 8.13. The van der Waals surface area contributed by atoms with E-state index in [1.165, 1.54) is 18.0 Å². The molecule has 150 valence electrons. The number of rotatable bonds is 4. The number of thioether (sulfide) groups is 1. The number of nitriles is 1. The highest BCUT2D eigenvalue weighted by molar-refractivity contribution is 8.14. The Morgan fingerprint density at radius 2 is 2.21 bits per heavy atom. The molecule has 2 aromatic rings. The standard InChI is InChI=1S/C19H18F2N6OS/c1-10-7-19(2,27-18(23)29-10)14-6-12(3-4-24-14)26-17(28)15-13(16(20)21)5-11(8-22)9-25-15/h3-6,9-10,16H,7H2,1-2H3,(H2,23,27)(H,24,26,28)/t10-,19+/m1/s1. The van der Waals surface area contributed by atoms with Crippen LogP contribution in [-0.2, 0) is 5.54 Å². The zero-order valence-corrected chi connectivity index (χ0v) is 16.5. The van der Waals surface area contributed by atoms with E-state index in [0.717, 1.165) is 12.3 Å². The van der Waals surface area contributed by atoms with E-state index in [1.54, 1.807) is 18.2 Å². The van der Waals surface area contributed by atoms with E-state index in [-0.39, 0.29) is 10.8 Å². The molecular formula is C19H18F2N6OS. The Hall–Kier alpha value is -3.06. The van der Waals surface area contributed by atoms with Crippen LogP contribution in [0.25, 0.3) is 0 Å². The van der Waals surface area contributed by atoms with Gasteiger partial charge in [0, 0.05) is 23.3 Å². The lowest BCUT2D eigenvalue weighted by atomic mass is 9.91. The Morgan fingerprint density at radius 3 is 2.86 bits per heavy atom. The first-order valence-corrected chi connectivity index (χ1v) is 9.58. The second-order valence-corrected chi connectivity index (χ2v) is 8.27. The molecule has 3 heterocycles. The van der Waals surface area contributed by atoms with Crippen molar-refractivity contribution < 1.29 is 13.6 Å². The molecule has 2 atom stereocenters. The highest BCUT2D eigenvalue weighted by Crippen LogP contribution is 2.38. The number of anilines is 1. The Labute approximate surface area is 170 Å². The Morgan fingerprint density at radius 1 is 1.45 bits per heavy atom. The maximum atomic E-state index is 13.3. The summed E-state index contributed by atoms with van der Waals surface area (Å²) in [6, 6.07) is 5.88. The number of alkyl halides is 2. The van der Waals surface area contributed by atoms with E-state index in [4.69, 9.17) is 11.0 Å². The molecule has 3 N–H and O–H groups in total. The highest BCUT2D eigenvalue weighted by atomic mass is 32.2. The third-order valence-electron chi connectivity index (χ3n) is 4.43. The second-order valence-electron chi connectivity index (χ2n) is 6.81. The van der Waals surface area contributed by atoms with E-state index < -0.39 is 29.1 Å². The van der Waals surface area contributed by atoms with Gasteiger partial charge in [0.25, 0.3) is 12.3 Å². The molecule has 0 spiro atoms. The topological polar surface area (TPSA) is 117 Å². The summed E-state index contributed by atoms with van der Waals surface area (Å²) in [6.45, 7) is 3.94. The average Bonchev–Trinajstić information content (AvgIpc) is 2.66. The van der Waals surface area contributed by atoms with E-state index >= 15 is 0 Å². The first-order chi connectivity index (χ1) is 13.7. The number of amidine groups is 1. The van der Waals surface area contributed by atoms with Crippen molar-refractivity contribution in [3.63, 3.8) is 0 Å². The van der Waals surface area contributed by atoms with Gasteiger partial charge in [-0.05, 0) is 31.5 Å². The fourth-order valence-electron chi connectivity index (χ4n) is 3.18. The molecule has 2 aromatic heterocycles. The fraction of sp³-hybridized carbons (Fsp3) is 0.316. The van der Waals surface area contributed by atoms with Gasteiger partial charge in [-0.25, -0.2) is 18.8 Å². The molecule has 0 saturated heterocycles. The Kier molecular flexibility index (Phi) is 5.79. The van der Waals surface area contributed by atoms with Crippen LogP contribution in [0.1, 0.15) is 54.0 Å². The number of aromatic nitrogens is 2. The largest absolute Gasteiger partial charge is 0.379 e. The zero-order chi connectivity index (χ0) is 21.2. The number of amides is 1. The van der Waals surface area contributed by atoms with Gasteiger partial charge >= 0.3 is 0 Å². The summed E-state index contributed by atoms with van der Waals surface area (Å²) in [4.78, 5) is 25.2. The summed E-state index contributed by atoms with van der Waals surface area (Å²) in [5, 5.41) is 12.1. The highest BCUT2D eigenvalue weighted by Gasteiger charge is 2.34. The van der Waals surface area contributed by atoms with Crippen LogP contribution in [0.15, 0.2) is 35.6 Å². The summed E-state index contributed by atoms with van der Waals surface area (Å²) in [5.74, 6) is -0.803. The minimum absolute atomic E-state index is 0.0456. The Balaban J connectivity index is 1.89. The lowest BCUT2D eigenvalue weighted by molar-refractivity contribution is 0.100. The molecule has 0 saturated carbocycles. The molecular weight excluding hydrogens is 398 g/mol. The van der Waals surface area contributed by atoms with Gasteiger partial charge in [-0.15, -0.1) is 0 Å². The maximum Gasteiger partial charge on any atom is 0.274 e. The maximum absolute atomic E-state index is 13.3. The van der Waals surface area contributed by atoms with Crippen molar-refractivity contribution in [3.05, 3.63) is 53.1 Å². The van der Waals surface area contributed by atoms with Crippen molar-refractivity contribution in [2.24, 2.45) is 10.7 Å². The summed E-state index contributed by atoms with van der Waals surface area (Å²) in [5.41, 5.74) is 5.15. The number of carbonyl (C=O) groups excluding carboxylic acids is 1. The summed E-state index contributed by atoms with van der Waals surface area (Å²) >= 11 is 1.49. The van der Waals surface area contributed by atoms with Crippen molar-refractivity contribution >= 4 is 28.5 Å². The SMILES string of the molecule is C[C@@H]1C[C@@](C)(c2cc(NC(=O)c3ncc(C#N)cc3C(F)F)ccn2)N=C(N)S1. The van der Waals surface area contributed by atoms with Crippen molar-refractivity contribution in [2.45, 2.75) is 37.5 Å². The van der Waals surface area contributed by atoms with E-state index in [2.05, 4.69) is 20.3 Å². The Bertz CT molecular complexity index is 1020. The number of halogens is 2. The average molecular weight is 416 g/mol. The van der Waals surface area contributed by atoms with Gasteiger partial charge in [0.2, 0.25) is 0 Å². The van der Waals surface area contributed by atoms with Gasteiger partial charge in [-0.3, -0.25) is 9.78 Å². The van der Waals surface area contributed by atoms with Gasteiger partial charge in [0.15, 0.2) is 5.17 Å². The first kappa shape index (κ1) is 20.7. The molecule has 3 rings (SSSR count). The number of nitrogens with two attached hydrogens (primary N) is 1. The summed E-state index contributed by atoms with van der Waals surface area (Å²) < 4.78 is 26.6. The van der Waals surface area contributed by atoms with Crippen molar-refractivity contribution in [1.82, 2.24) is 9.97 Å². The molecule has 0 bridgehead atoms. The third kappa shape index (κ3) is 4.51. The number of carbonyl (C=O) groups is 1. The van der Waals surface area contributed by atoms with Crippen LogP contribution in [-0.4, -0.2) is 26.3 Å². The number of hydrogen-bond donors (Lipinski definition) is 2. The monoisotopic (exact) mass is 416 g/mol. The lowest BCUT2D eigenvalue weighted by Gasteiger charge is -2.32. The molecule has 0 unspecified atom stereocenters. The molecule has 0 aromatic carbocycles. The molecule has 7 nitrogen and oxygen atoms in total. The van der Waals surface area contributed by atoms with E-state index in [1.807, 2.05) is 13.8 Å². The van der Waals surface area contributed by atoms with Crippen LogP contribution in [0.4, 0.5) is 14.5 Å². The minimum Gasteiger partial charge on any atom is -0.379 e. The van der Waals surface area contributed by atoms with Crippen LogP contribution in [0.5, 0.6) is 0 Å². The van der Waals surface area contributed by atoms with Crippen molar-refractivity contribution in [1.29, 1.82) is 5.26 Å². The smallest absolute Gasteiger partial charge is 0.274 e.